The van der Waals surface area contributed by atoms with Crippen LogP contribution < -0.4 is 0 Å². The molecular formula is C50H77NO14S. The lowest BCUT2D eigenvalue weighted by Gasteiger charge is -2.47. The smallest absolute Gasteiger partial charge is 0.329 e. The van der Waals surface area contributed by atoms with E-state index in [-0.39, 0.29) is 72.8 Å². The number of hydrogen-bond acceptors (Lipinski definition) is 15. The molecule has 15 atom stereocenters. The summed E-state index contributed by atoms with van der Waals surface area (Å²) in [6, 6.07) is -1.16. The van der Waals surface area contributed by atoms with E-state index in [1.807, 2.05) is 26.0 Å². The monoisotopic (exact) mass is 948 g/mol. The minimum Gasteiger partial charge on any atom is -0.465 e. The molecule has 1 saturated carbocycles. The fourth-order valence-corrected chi connectivity index (χ4v) is 11.6. The maximum atomic E-state index is 14.5. The zero-order chi connectivity index (χ0) is 48.3. The molecule has 66 heavy (non-hydrogen) atoms. The number of esters is 2. The predicted octanol–water partition coefficient (Wildman–Crippen LogP) is 5.71. The molecule has 1 amide bonds. The van der Waals surface area contributed by atoms with Crippen molar-refractivity contribution in [1.29, 1.82) is 0 Å². The van der Waals surface area contributed by atoms with Crippen molar-refractivity contribution in [2.24, 2.45) is 29.6 Å². The van der Waals surface area contributed by atoms with Crippen LogP contribution in [0.25, 0.3) is 0 Å². The summed E-state index contributed by atoms with van der Waals surface area (Å²) in [5.41, 5.74) is 1.19. The number of amides is 1. The molecule has 0 spiro atoms. The largest absolute Gasteiger partial charge is 0.465 e. The summed E-state index contributed by atoms with van der Waals surface area (Å²) in [5.74, 6) is -6.88. The molecule has 15 nitrogen and oxygen atoms in total. The third-order valence-electron chi connectivity index (χ3n) is 14.4. The van der Waals surface area contributed by atoms with Crippen molar-refractivity contribution in [3.05, 3.63) is 36.0 Å². The van der Waals surface area contributed by atoms with Gasteiger partial charge < -0.3 is 48.3 Å². The zero-order valence-electron chi connectivity index (χ0n) is 40.5. The highest BCUT2D eigenvalue weighted by Gasteiger charge is 2.56. The summed E-state index contributed by atoms with van der Waals surface area (Å²) in [5, 5.41) is 23.8. The molecule has 5 rings (SSSR count). The fourth-order valence-electron chi connectivity index (χ4n) is 10.6. The van der Waals surface area contributed by atoms with E-state index in [1.165, 1.54) is 19.1 Å². The number of aliphatic hydroxyl groups is 2. The number of thioether (sulfide) groups is 1. The van der Waals surface area contributed by atoms with Crippen molar-refractivity contribution in [3.8, 4) is 0 Å². The molecule has 4 fully saturated rings. The van der Waals surface area contributed by atoms with Gasteiger partial charge in [-0.25, -0.2) is 4.79 Å². The SMILES string of the molecule is C=CCC1=CC(C)C[C@H](C)C[C@H](OC)C2O[C@@](O)(C(=O)C(=O)N3CCCC[C@H]3C(=O)O[C@H](C(C)=C[C@@H]3CC[C@@H](OCCSC4CCOC4=O)[C@H](OC)C3)[C@H](C)[C@@H](O)CC1=O)[C@H](C)C[C@@H]2OC. The Morgan fingerprint density at radius 3 is 2.29 bits per heavy atom. The number of Topliss-reactive ketones (excluding diaryl/α,β-unsaturated/α-hetero) is 2. The van der Waals surface area contributed by atoms with E-state index in [4.69, 9.17) is 33.2 Å². The van der Waals surface area contributed by atoms with Crippen molar-refractivity contribution in [3.63, 3.8) is 0 Å². The van der Waals surface area contributed by atoms with E-state index in [2.05, 4.69) is 13.5 Å². The van der Waals surface area contributed by atoms with Gasteiger partial charge in [0.05, 0.1) is 43.7 Å². The molecule has 2 bridgehead atoms. The highest BCUT2D eigenvalue weighted by atomic mass is 32.2. The average molecular weight is 948 g/mol. The Balaban J connectivity index is 1.44. The fraction of sp³-hybridized carbons (Fsp3) is 0.780. The molecule has 4 heterocycles. The molecule has 4 aliphatic heterocycles. The molecule has 16 heteroatoms. The van der Waals surface area contributed by atoms with Gasteiger partial charge in [0, 0.05) is 58.3 Å². The van der Waals surface area contributed by atoms with Crippen LogP contribution in [-0.2, 0) is 57.1 Å². The highest BCUT2D eigenvalue weighted by Crippen LogP contribution is 2.39. The molecule has 3 saturated heterocycles. The third-order valence-corrected chi connectivity index (χ3v) is 15.7. The van der Waals surface area contributed by atoms with Gasteiger partial charge in [-0.15, -0.1) is 18.3 Å². The van der Waals surface area contributed by atoms with Crippen LogP contribution in [0.2, 0.25) is 0 Å². The van der Waals surface area contributed by atoms with E-state index in [0.29, 0.717) is 81.5 Å². The second-order valence-corrected chi connectivity index (χ2v) is 20.7. The quantitative estimate of drug-likeness (QED) is 0.105. The summed E-state index contributed by atoms with van der Waals surface area (Å²) >= 11 is 1.54. The van der Waals surface area contributed by atoms with Crippen molar-refractivity contribution < 1.29 is 67.3 Å². The number of carbonyl (C=O) groups is 5. The number of methoxy groups -OCH3 is 3. The Morgan fingerprint density at radius 2 is 1.62 bits per heavy atom. The Labute approximate surface area is 396 Å². The van der Waals surface area contributed by atoms with Gasteiger partial charge in [0.1, 0.15) is 23.5 Å². The first kappa shape index (κ1) is 54.0. The number of hydrogen-bond donors (Lipinski definition) is 2. The van der Waals surface area contributed by atoms with Gasteiger partial charge in [-0.05, 0) is 100 Å². The third kappa shape index (κ3) is 13.4. The van der Waals surface area contributed by atoms with Crippen molar-refractivity contribution in [2.45, 2.75) is 171 Å². The number of rotatable bonds is 12. The molecule has 0 aromatic carbocycles. The van der Waals surface area contributed by atoms with Crippen molar-refractivity contribution in [1.82, 2.24) is 4.90 Å². The molecule has 0 aromatic heterocycles. The molecule has 0 radical (unpaired) electrons. The summed E-state index contributed by atoms with van der Waals surface area (Å²) in [4.78, 5) is 70.3. The van der Waals surface area contributed by atoms with Gasteiger partial charge in [-0.2, -0.15) is 0 Å². The van der Waals surface area contributed by atoms with E-state index in [9.17, 15) is 34.2 Å². The molecule has 3 unspecified atom stereocenters. The van der Waals surface area contributed by atoms with Crippen LogP contribution in [-0.4, -0.2) is 151 Å². The van der Waals surface area contributed by atoms with E-state index in [0.717, 1.165) is 6.42 Å². The molecule has 2 N–H and O–H groups in total. The molecule has 372 valence electrons. The standard InChI is InChI=1S/C50H77NO14S/c1-10-13-35-23-29(2)22-30(3)24-41(60-8)45-42(61-9)26-32(5)50(58,65-45)46(54)47(55)51-18-12-11-14-36(51)48(56)64-44(33(6)37(52)28-38(35)53)31(4)25-34-15-16-39(40(27-34)59-7)62-20-21-66-43-17-19-63-49(43)57/h10,23,25,29-30,32-34,36-37,39-45,52,58H,1,11-22,24,26-28H2,2-9H3/t29?,30-,32+,33+,34-,36-,37-,39+,40+,41-,42-,43?,44+,45?,50+/m0/s1. The van der Waals surface area contributed by atoms with Crippen LogP contribution in [0.5, 0.6) is 0 Å². The lowest BCUT2D eigenvalue weighted by molar-refractivity contribution is -0.302. The molecule has 5 aliphatic rings. The number of allylic oxidation sites excluding steroid dienone is 4. The van der Waals surface area contributed by atoms with Crippen LogP contribution in [0.1, 0.15) is 112 Å². The summed E-state index contributed by atoms with van der Waals surface area (Å²) in [6.45, 7) is 14.2. The first-order valence-corrected chi connectivity index (χ1v) is 25.2. The Morgan fingerprint density at radius 1 is 0.909 bits per heavy atom. The topological polar surface area (TPSA) is 194 Å². The second-order valence-electron chi connectivity index (χ2n) is 19.4. The first-order chi connectivity index (χ1) is 31.4. The summed E-state index contributed by atoms with van der Waals surface area (Å²) in [7, 11) is 4.71. The van der Waals surface area contributed by atoms with Gasteiger partial charge in [-0.3, -0.25) is 19.2 Å². The van der Waals surface area contributed by atoms with E-state index >= 15 is 0 Å². The number of aliphatic hydroxyl groups excluding tert-OH is 1. The number of nitrogens with zero attached hydrogens (tertiary/aromatic N) is 1. The second kappa shape index (κ2) is 25.1. The van der Waals surface area contributed by atoms with Crippen LogP contribution in [0.4, 0.5) is 0 Å². The maximum absolute atomic E-state index is 14.5. The lowest BCUT2D eigenvalue weighted by atomic mass is 9.81. The maximum Gasteiger partial charge on any atom is 0.329 e. The molecular weight excluding hydrogens is 871 g/mol. The van der Waals surface area contributed by atoms with Crippen LogP contribution in [0.15, 0.2) is 36.0 Å². The van der Waals surface area contributed by atoms with E-state index in [1.54, 1.807) is 38.8 Å². The van der Waals surface area contributed by atoms with Gasteiger partial charge >= 0.3 is 11.9 Å². The number of piperidine rings is 1. The zero-order valence-corrected chi connectivity index (χ0v) is 41.3. The normalized spacial score (nSPS) is 38.5. The number of fused-ring (bicyclic) bond motifs is 3. The van der Waals surface area contributed by atoms with Crippen molar-refractivity contribution in [2.75, 3.05) is 46.8 Å². The lowest BCUT2D eigenvalue weighted by Crippen LogP contribution is -2.64. The number of cyclic esters (lactones) is 2. The molecule has 0 aromatic rings. The van der Waals surface area contributed by atoms with Gasteiger partial charge in [0.25, 0.3) is 11.7 Å². The Bertz CT molecular complexity index is 1750. The highest BCUT2D eigenvalue weighted by molar-refractivity contribution is 8.00. The number of carbonyl (C=O) groups excluding carboxylic acids is 5. The predicted molar refractivity (Wildman–Crippen MR) is 248 cm³/mol. The van der Waals surface area contributed by atoms with Crippen molar-refractivity contribution >= 4 is 41.2 Å². The summed E-state index contributed by atoms with van der Waals surface area (Å²) in [6.07, 6.45) is 6.46. The van der Waals surface area contributed by atoms with Gasteiger partial charge in [0.2, 0.25) is 5.79 Å². The van der Waals surface area contributed by atoms with Crippen LogP contribution in [0.3, 0.4) is 0 Å². The summed E-state index contributed by atoms with van der Waals surface area (Å²) < 4.78 is 41.7. The van der Waals surface area contributed by atoms with Gasteiger partial charge in [0.15, 0.2) is 5.78 Å². The van der Waals surface area contributed by atoms with Crippen LogP contribution in [0, 0.1) is 29.6 Å². The van der Waals surface area contributed by atoms with E-state index < -0.39 is 71.8 Å². The van der Waals surface area contributed by atoms with Crippen LogP contribution >= 0.6 is 11.8 Å². The van der Waals surface area contributed by atoms with Gasteiger partial charge in [-0.1, -0.05) is 45.9 Å². The first-order valence-electron chi connectivity index (χ1n) is 24.1. The average Bonchev–Trinajstić information content (AvgIpc) is 3.72. The Kier molecular flexibility index (Phi) is 20.5. The number of ketones is 2. The molecule has 1 aliphatic carbocycles. The minimum atomic E-state index is -2.52. The minimum absolute atomic E-state index is 0.00102. The number of ether oxygens (including phenoxy) is 7. The Hall–Kier alpha value is -2.96.